The highest BCUT2D eigenvalue weighted by Crippen LogP contribution is 2.59. The van der Waals surface area contributed by atoms with Crippen molar-refractivity contribution in [3.8, 4) is 0 Å². The molecule has 7 atom stereocenters. The molecule has 7 nitrogen and oxygen atoms in total. The first kappa shape index (κ1) is 20.1. The molecule has 28 heavy (non-hydrogen) atoms. The molecule has 0 bridgehead atoms. The maximum absolute atomic E-state index is 12.6. The standard InChI is InChI=1S/C21H33NO6/c1-13(2)5-6-16-20(3,28-16)18-17(25-4)15(7-9-21(18)12-26-21)27-19(24)22-10-8-14(23)11-22/h5-6,13-18,23H,7-12H2,1-4H3/b6-5+/t14?,15-,16-,17?,18?,20?,21+/m1/s1. The summed E-state index contributed by atoms with van der Waals surface area (Å²) in [6, 6.07) is 0. The topological polar surface area (TPSA) is 84.1 Å². The lowest BCUT2D eigenvalue weighted by molar-refractivity contribution is -0.121. The quantitative estimate of drug-likeness (QED) is 0.567. The lowest BCUT2D eigenvalue weighted by Gasteiger charge is -2.42. The Hall–Kier alpha value is -1.15. The van der Waals surface area contributed by atoms with Gasteiger partial charge in [-0.15, -0.1) is 0 Å². The van der Waals surface area contributed by atoms with Crippen molar-refractivity contribution in [3.05, 3.63) is 12.2 Å². The van der Waals surface area contributed by atoms with Gasteiger partial charge >= 0.3 is 6.09 Å². The van der Waals surface area contributed by atoms with E-state index in [4.69, 9.17) is 18.9 Å². The molecule has 1 saturated carbocycles. The van der Waals surface area contributed by atoms with Gasteiger partial charge in [0.2, 0.25) is 0 Å². The molecule has 3 aliphatic heterocycles. The molecule has 4 unspecified atom stereocenters. The molecular weight excluding hydrogens is 362 g/mol. The van der Waals surface area contributed by atoms with Crippen LogP contribution in [0.1, 0.15) is 40.0 Å². The first-order valence-corrected chi connectivity index (χ1v) is 10.5. The molecule has 3 heterocycles. The van der Waals surface area contributed by atoms with Crippen LogP contribution in [-0.4, -0.2) is 78.5 Å². The fraction of sp³-hybridized carbons (Fsp3) is 0.857. The number of nitrogens with zero attached hydrogens (tertiary/aromatic N) is 1. The monoisotopic (exact) mass is 395 g/mol. The maximum Gasteiger partial charge on any atom is 0.410 e. The van der Waals surface area contributed by atoms with Crippen LogP contribution in [0.3, 0.4) is 0 Å². The summed E-state index contributed by atoms with van der Waals surface area (Å²) in [5.41, 5.74) is -0.611. The fourth-order valence-electron chi connectivity index (χ4n) is 5.05. The van der Waals surface area contributed by atoms with Crippen molar-refractivity contribution >= 4 is 6.09 Å². The van der Waals surface area contributed by atoms with E-state index < -0.39 is 6.10 Å². The van der Waals surface area contributed by atoms with Gasteiger partial charge in [-0.25, -0.2) is 4.79 Å². The van der Waals surface area contributed by atoms with Crippen LogP contribution in [0.15, 0.2) is 12.2 Å². The zero-order chi connectivity index (χ0) is 20.1. The van der Waals surface area contributed by atoms with Crippen LogP contribution in [-0.2, 0) is 18.9 Å². The fourth-order valence-corrected chi connectivity index (χ4v) is 5.05. The second-order valence-corrected chi connectivity index (χ2v) is 9.23. The van der Waals surface area contributed by atoms with Gasteiger partial charge in [-0.1, -0.05) is 26.0 Å². The van der Waals surface area contributed by atoms with E-state index in [1.807, 2.05) is 0 Å². The SMILES string of the molecule is COC1C(C2(C)O[C@@H]2/C=C/C(C)C)[C@]2(CC[C@H]1OC(=O)N1CCC(O)C1)CO2. The molecule has 1 aliphatic carbocycles. The number of ether oxygens (including phenoxy) is 4. The molecule has 7 heteroatoms. The molecule has 1 spiro atoms. The molecule has 3 saturated heterocycles. The van der Waals surface area contributed by atoms with Gasteiger partial charge in [0.1, 0.15) is 29.5 Å². The Morgan fingerprint density at radius 1 is 1.36 bits per heavy atom. The van der Waals surface area contributed by atoms with Crippen LogP contribution >= 0.6 is 0 Å². The third kappa shape index (κ3) is 3.58. The van der Waals surface area contributed by atoms with Gasteiger partial charge in [0.25, 0.3) is 0 Å². The van der Waals surface area contributed by atoms with Crippen molar-refractivity contribution in [3.63, 3.8) is 0 Å². The largest absolute Gasteiger partial charge is 0.443 e. The Morgan fingerprint density at radius 3 is 2.68 bits per heavy atom. The summed E-state index contributed by atoms with van der Waals surface area (Å²) in [5.74, 6) is 0.469. The number of likely N-dealkylation sites (tertiary alicyclic amines) is 1. The van der Waals surface area contributed by atoms with Gasteiger partial charge in [0.15, 0.2) is 0 Å². The number of epoxide rings is 2. The van der Waals surface area contributed by atoms with E-state index in [2.05, 4.69) is 32.9 Å². The number of allylic oxidation sites excluding steroid dienone is 1. The highest BCUT2D eigenvalue weighted by molar-refractivity contribution is 5.68. The number of hydrogen-bond acceptors (Lipinski definition) is 6. The van der Waals surface area contributed by atoms with E-state index in [1.54, 1.807) is 12.0 Å². The first-order chi connectivity index (χ1) is 13.3. The Bertz CT molecular complexity index is 632. The average Bonchev–Trinajstić information content (AvgIpc) is 3.51. The van der Waals surface area contributed by atoms with Crippen LogP contribution < -0.4 is 0 Å². The van der Waals surface area contributed by atoms with E-state index in [-0.39, 0.29) is 41.5 Å². The summed E-state index contributed by atoms with van der Waals surface area (Å²) in [4.78, 5) is 14.2. The molecule has 1 N–H and O–H groups in total. The van der Waals surface area contributed by atoms with E-state index in [9.17, 15) is 9.90 Å². The van der Waals surface area contributed by atoms with Gasteiger partial charge in [-0.2, -0.15) is 0 Å². The van der Waals surface area contributed by atoms with Gasteiger partial charge in [-0.05, 0) is 32.1 Å². The predicted octanol–water partition coefficient (Wildman–Crippen LogP) is 2.12. The summed E-state index contributed by atoms with van der Waals surface area (Å²) in [6.45, 7) is 7.97. The van der Waals surface area contributed by atoms with E-state index >= 15 is 0 Å². The normalized spacial score (nSPS) is 45.2. The second kappa shape index (κ2) is 7.27. The molecule has 0 aromatic carbocycles. The van der Waals surface area contributed by atoms with E-state index in [0.717, 1.165) is 6.42 Å². The van der Waals surface area contributed by atoms with Gasteiger partial charge in [-0.3, -0.25) is 0 Å². The number of carbonyl (C=O) groups excluding carboxylic acids is 1. The third-order valence-corrected chi connectivity index (χ3v) is 6.75. The van der Waals surface area contributed by atoms with Crippen molar-refractivity contribution in [2.45, 2.75) is 75.7 Å². The Kier molecular flexibility index (Phi) is 5.23. The lowest BCUT2D eigenvalue weighted by atomic mass is 9.68. The number of rotatable bonds is 5. The maximum atomic E-state index is 12.6. The number of β-amino-alcohol motifs (C(OH)–C–C–N with tert-alkyl or cyclic N) is 1. The minimum absolute atomic E-state index is 0.00234. The number of hydrogen-bond donors (Lipinski definition) is 1. The van der Waals surface area contributed by atoms with Crippen molar-refractivity contribution in [1.82, 2.24) is 4.90 Å². The Balaban J connectivity index is 1.48. The molecule has 0 radical (unpaired) electrons. The number of methoxy groups -OCH3 is 1. The van der Waals surface area contributed by atoms with Crippen molar-refractivity contribution < 1.29 is 28.8 Å². The van der Waals surface area contributed by atoms with Gasteiger partial charge < -0.3 is 29.0 Å². The number of amides is 1. The van der Waals surface area contributed by atoms with Crippen LogP contribution in [0, 0.1) is 11.8 Å². The molecular formula is C21H33NO6. The molecule has 0 aromatic rings. The molecule has 4 fully saturated rings. The van der Waals surface area contributed by atoms with E-state index in [0.29, 0.717) is 38.5 Å². The van der Waals surface area contributed by atoms with Crippen molar-refractivity contribution in [2.75, 3.05) is 26.8 Å². The average molecular weight is 395 g/mol. The van der Waals surface area contributed by atoms with Gasteiger partial charge in [0, 0.05) is 20.2 Å². The van der Waals surface area contributed by atoms with E-state index in [1.165, 1.54) is 0 Å². The first-order valence-electron chi connectivity index (χ1n) is 10.5. The van der Waals surface area contributed by atoms with Crippen LogP contribution in [0.4, 0.5) is 4.79 Å². The zero-order valence-electron chi connectivity index (χ0n) is 17.3. The summed E-state index contributed by atoms with van der Waals surface area (Å²) < 4.78 is 23.8. The molecule has 158 valence electrons. The smallest absolute Gasteiger partial charge is 0.410 e. The minimum Gasteiger partial charge on any atom is -0.443 e. The Labute approximate surface area is 166 Å². The predicted molar refractivity (Wildman–Crippen MR) is 102 cm³/mol. The van der Waals surface area contributed by atoms with Gasteiger partial charge in [0.05, 0.1) is 18.6 Å². The number of aliphatic hydroxyl groups is 1. The summed E-state index contributed by atoms with van der Waals surface area (Å²) in [7, 11) is 1.67. The van der Waals surface area contributed by atoms with Crippen LogP contribution in [0.2, 0.25) is 0 Å². The van der Waals surface area contributed by atoms with Crippen molar-refractivity contribution in [1.29, 1.82) is 0 Å². The summed E-state index contributed by atoms with van der Waals surface area (Å²) >= 11 is 0. The summed E-state index contributed by atoms with van der Waals surface area (Å²) in [6.07, 6.45) is 5.02. The molecule has 4 rings (SSSR count). The minimum atomic E-state index is -0.458. The van der Waals surface area contributed by atoms with Crippen molar-refractivity contribution in [2.24, 2.45) is 11.8 Å². The highest BCUT2D eigenvalue weighted by Gasteiger charge is 2.72. The highest BCUT2D eigenvalue weighted by atomic mass is 16.6. The molecule has 1 amide bonds. The van der Waals surface area contributed by atoms with Crippen LogP contribution in [0.25, 0.3) is 0 Å². The molecule has 4 aliphatic rings. The second-order valence-electron chi connectivity index (χ2n) is 9.23. The number of carbonyl (C=O) groups is 1. The summed E-state index contributed by atoms with van der Waals surface area (Å²) in [5, 5.41) is 9.69. The van der Waals surface area contributed by atoms with Crippen LogP contribution in [0.5, 0.6) is 0 Å². The third-order valence-electron chi connectivity index (χ3n) is 6.75. The number of aliphatic hydroxyl groups excluding tert-OH is 1. The Morgan fingerprint density at radius 2 is 2.11 bits per heavy atom. The lowest BCUT2D eigenvalue weighted by Crippen LogP contribution is -2.56. The zero-order valence-corrected chi connectivity index (χ0v) is 17.3. The molecule has 0 aromatic heterocycles.